The van der Waals surface area contributed by atoms with E-state index in [9.17, 15) is 0 Å². The Bertz CT molecular complexity index is 371. The highest BCUT2D eigenvalue weighted by atomic mass is 15.2. The molecule has 1 aromatic rings. The molecule has 0 saturated carbocycles. The maximum absolute atomic E-state index is 6.11. The summed E-state index contributed by atoms with van der Waals surface area (Å²) < 4.78 is 0. The molecule has 1 unspecified atom stereocenters. The lowest BCUT2D eigenvalue weighted by Crippen LogP contribution is -2.57. The fraction of sp³-hybridized carbons (Fsp3) is 0.600. The first-order valence-electron chi connectivity index (χ1n) is 6.77. The number of likely N-dealkylation sites (N-methyl/N-ethyl adjacent to an activating group) is 1. The Hall–Kier alpha value is -0.860. The molecule has 2 rings (SSSR count). The van der Waals surface area contributed by atoms with Gasteiger partial charge in [-0.3, -0.25) is 4.90 Å². The van der Waals surface area contributed by atoms with Crippen LogP contribution in [0.3, 0.4) is 0 Å². The second-order valence-corrected chi connectivity index (χ2v) is 5.05. The Morgan fingerprint density at radius 3 is 2.41 bits per heavy atom. The number of nitrogens with two attached hydrogens (primary N) is 1. The van der Waals surface area contributed by atoms with Crippen molar-refractivity contribution >= 4 is 0 Å². The first kappa shape index (κ1) is 12.6. The minimum atomic E-state index is 0.192. The SMILES string of the molecule is CCN(CC)C1(CN)CCc2ccccc2C1. The van der Waals surface area contributed by atoms with Crippen molar-refractivity contribution in [2.45, 2.75) is 38.6 Å². The highest BCUT2D eigenvalue weighted by Gasteiger charge is 2.36. The largest absolute Gasteiger partial charge is 0.329 e. The van der Waals surface area contributed by atoms with Gasteiger partial charge >= 0.3 is 0 Å². The molecule has 0 heterocycles. The van der Waals surface area contributed by atoms with Crippen molar-refractivity contribution in [3.8, 4) is 0 Å². The molecule has 1 aliphatic rings. The highest BCUT2D eigenvalue weighted by Crippen LogP contribution is 2.32. The van der Waals surface area contributed by atoms with Gasteiger partial charge in [-0.1, -0.05) is 38.1 Å². The third-order valence-electron chi connectivity index (χ3n) is 4.31. The van der Waals surface area contributed by atoms with Gasteiger partial charge in [-0.05, 0) is 43.5 Å². The van der Waals surface area contributed by atoms with E-state index in [4.69, 9.17) is 5.73 Å². The predicted octanol–water partition coefficient (Wildman–Crippen LogP) is 2.21. The van der Waals surface area contributed by atoms with E-state index in [-0.39, 0.29) is 5.54 Å². The summed E-state index contributed by atoms with van der Waals surface area (Å²) in [5.74, 6) is 0. The van der Waals surface area contributed by atoms with Crippen LogP contribution < -0.4 is 5.73 Å². The summed E-state index contributed by atoms with van der Waals surface area (Å²) in [4.78, 5) is 2.54. The molecule has 0 bridgehead atoms. The number of fused-ring (bicyclic) bond motifs is 1. The first-order valence-corrected chi connectivity index (χ1v) is 6.77. The van der Waals surface area contributed by atoms with E-state index in [1.54, 1.807) is 0 Å². The quantitative estimate of drug-likeness (QED) is 0.862. The topological polar surface area (TPSA) is 29.3 Å². The molecule has 0 aromatic heterocycles. The molecular formula is C15H24N2. The number of aryl methyl sites for hydroxylation is 1. The number of nitrogens with zero attached hydrogens (tertiary/aromatic N) is 1. The summed E-state index contributed by atoms with van der Waals surface area (Å²) in [6.45, 7) is 7.43. The Morgan fingerprint density at radius 2 is 1.82 bits per heavy atom. The zero-order valence-corrected chi connectivity index (χ0v) is 11.1. The molecular weight excluding hydrogens is 208 g/mol. The van der Waals surface area contributed by atoms with Gasteiger partial charge in [0, 0.05) is 12.1 Å². The number of benzene rings is 1. The van der Waals surface area contributed by atoms with Gasteiger partial charge in [-0.25, -0.2) is 0 Å². The van der Waals surface area contributed by atoms with Gasteiger partial charge in [0.25, 0.3) is 0 Å². The van der Waals surface area contributed by atoms with E-state index in [0.29, 0.717) is 0 Å². The van der Waals surface area contributed by atoms with Crippen LogP contribution in [-0.4, -0.2) is 30.1 Å². The van der Waals surface area contributed by atoms with Gasteiger partial charge in [0.05, 0.1) is 0 Å². The summed E-state index contributed by atoms with van der Waals surface area (Å²) in [7, 11) is 0. The lowest BCUT2D eigenvalue weighted by Gasteiger charge is -2.45. The molecule has 2 nitrogen and oxygen atoms in total. The maximum atomic E-state index is 6.11. The number of rotatable bonds is 4. The summed E-state index contributed by atoms with van der Waals surface area (Å²) in [6.07, 6.45) is 3.48. The lowest BCUT2D eigenvalue weighted by atomic mass is 9.76. The maximum Gasteiger partial charge on any atom is 0.0374 e. The minimum Gasteiger partial charge on any atom is -0.329 e. The zero-order chi connectivity index (χ0) is 12.3. The molecule has 1 atom stereocenters. The molecule has 0 saturated heterocycles. The van der Waals surface area contributed by atoms with Crippen LogP contribution in [0.15, 0.2) is 24.3 Å². The fourth-order valence-electron chi connectivity index (χ4n) is 3.25. The van der Waals surface area contributed by atoms with E-state index in [1.165, 1.54) is 24.0 Å². The van der Waals surface area contributed by atoms with Crippen LogP contribution in [0, 0.1) is 0 Å². The Kier molecular flexibility index (Phi) is 3.85. The fourth-order valence-corrected chi connectivity index (χ4v) is 3.25. The molecule has 0 aliphatic heterocycles. The molecule has 0 spiro atoms. The van der Waals surface area contributed by atoms with E-state index < -0.39 is 0 Å². The van der Waals surface area contributed by atoms with Gasteiger partial charge in [0.1, 0.15) is 0 Å². The van der Waals surface area contributed by atoms with Crippen LogP contribution in [0.25, 0.3) is 0 Å². The average molecular weight is 232 g/mol. The van der Waals surface area contributed by atoms with E-state index in [1.807, 2.05) is 0 Å². The lowest BCUT2D eigenvalue weighted by molar-refractivity contribution is 0.0909. The highest BCUT2D eigenvalue weighted by molar-refractivity contribution is 5.32. The molecule has 1 aromatic carbocycles. The van der Waals surface area contributed by atoms with Crippen molar-refractivity contribution in [3.05, 3.63) is 35.4 Å². The summed E-state index contributed by atoms with van der Waals surface area (Å²) in [5.41, 5.74) is 9.31. The Labute approximate surface area is 105 Å². The van der Waals surface area contributed by atoms with Gasteiger partial charge in [0.15, 0.2) is 0 Å². The van der Waals surface area contributed by atoms with Crippen LogP contribution in [0.4, 0.5) is 0 Å². The van der Waals surface area contributed by atoms with Crippen LogP contribution in [0.1, 0.15) is 31.4 Å². The van der Waals surface area contributed by atoms with Crippen molar-refractivity contribution in [3.63, 3.8) is 0 Å². The molecule has 1 aliphatic carbocycles. The molecule has 0 fully saturated rings. The molecule has 2 heteroatoms. The van der Waals surface area contributed by atoms with Crippen LogP contribution in [0.5, 0.6) is 0 Å². The minimum absolute atomic E-state index is 0.192. The van der Waals surface area contributed by atoms with Gasteiger partial charge in [0.2, 0.25) is 0 Å². The van der Waals surface area contributed by atoms with Crippen molar-refractivity contribution < 1.29 is 0 Å². The molecule has 2 N–H and O–H groups in total. The molecule has 0 radical (unpaired) electrons. The summed E-state index contributed by atoms with van der Waals surface area (Å²) in [6, 6.07) is 8.82. The van der Waals surface area contributed by atoms with Crippen molar-refractivity contribution in [2.24, 2.45) is 5.73 Å². The standard InChI is InChI=1S/C15H24N2/c1-3-17(4-2)15(12-16)10-9-13-7-5-6-8-14(13)11-15/h5-8H,3-4,9-12,16H2,1-2H3. The summed E-state index contributed by atoms with van der Waals surface area (Å²) >= 11 is 0. The van der Waals surface area contributed by atoms with Crippen LogP contribution >= 0.6 is 0 Å². The molecule has 0 amide bonds. The van der Waals surface area contributed by atoms with Gasteiger partial charge in [-0.15, -0.1) is 0 Å². The Balaban J connectivity index is 2.28. The second kappa shape index (κ2) is 5.19. The monoisotopic (exact) mass is 232 g/mol. The van der Waals surface area contributed by atoms with Crippen molar-refractivity contribution in [1.82, 2.24) is 4.90 Å². The molecule has 17 heavy (non-hydrogen) atoms. The van der Waals surface area contributed by atoms with Crippen molar-refractivity contribution in [2.75, 3.05) is 19.6 Å². The van der Waals surface area contributed by atoms with E-state index in [2.05, 4.69) is 43.0 Å². The smallest absolute Gasteiger partial charge is 0.0374 e. The number of hydrogen-bond acceptors (Lipinski definition) is 2. The van der Waals surface area contributed by atoms with E-state index in [0.717, 1.165) is 26.1 Å². The summed E-state index contributed by atoms with van der Waals surface area (Å²) in [5, 5.41) is 0. The normalized spacial score (nSPS) is 23.8. The number of hydrogen-bond donors (Lipinski definition) is 1. The second-order valence-electron chi connectivity index (χ2n) is 5.05. The third-order valence-corrected chi connectivity index (χ3v) is 4.31. The average Bonchev–Trinajstić information content (AvgIpc) is 2.40. The van der Waals surface area contributed by atoms with Crippen LogP contribution in [-0.2, 0) is 12.8 Å². The zero-order valence-electron chi connectivity index (χ0n) is 11.1. The first-order chi connectivity index (χ1) is 8.25. The third kappa shape index (κ3) is 2.24. The van der Waals surface area contributed by atoms with Gasteiger partial charge in [-0.2, -0.15) is 0 Å². The van der Waals surface area contributed by atoms with Crippen molar-refractivity contribution in [1.29, 1.82) is 0 Å². The predicted molar refractivity (Wildman–Crippen MR) is 73.2 cm³/mol. The molecule has 94 valence electrons. The van der Waals surface area contributed by atoms with Crippen LogP contribution in [0.2, 0.25) is 0 Å². The Morgan fingerprint density at radius 1 is 1.18 bits per heavy atom. The van der Waals surface area contributed by atoms with E-state index >= 15 is 0 Å². The van der Waals surface area contributed by atoms with Gasteiger partial charge < -0.3 is 5.73 Å².